The predicted molar refractivity (Wildman–Crippen MR) is 145 cm³/mol. The van der Waals surface area contributed by atoms with Gasteiger partial charge in [-0.05, 0) is 86.4 Å². The molecule has 7 rings (SSSR count). The van der Waals surface area contributed by atoms with Crippen molar-refractivity contribution < 1.29 is 24.2 Å². The third-order valence-corrected chi connectivity index (χ3v) is 9.46. The largest absolute Gasteiger partial charge is 0.496 e. The van der Waals surface area contributed by atoms with Crippen molar-refractivity contribution in [3.05, 3.63) is 71.5 Å². The van der Waals surface area contributed by atoms with Crippen LogP contribution in [0.2, 0.25) is 0 Å². The molecule has 4 saturated carbocycles. The number of aromatic nitrogens is 2. The van der Waals surface area contributed by atoms with Crippen LogP contribution in [0.5, 0.6) is 11.5 Å². The summed E-state index contributed by atoms with van der Waals surface area (Å²) in [5, 5.41) is 18.3. The van der Waals surface area contributed by atoms with E-state index in [0.29, 0.717) is 42.9 Å². The van der Waals surface area contributed by atoms with Gasteiger partial charge in [0.25, 0.3) is 0 Å². The molecule has 9 nitrogen and oxygen atoms in total. The zero-order chi connectivity index (χ0) is 27.6. The summed E-state index contributed by atoms with van der Waals surface area (Å²) in [6, 6.07) is 12.8. The highest BCUT2D eigenvalue weighted by Crippen LogP contribution is 2.71. The number of benzene rings is 2. The van der Waals surface area contributed by atoms with Crippen LogP contribution in [0, 0.1) is 18.8 Å². The van der Waals surface area contributed by atoms with Gasteiger partial charge in [-0.3, -0.25) is 4.79 Å². The van der Waals surface area contributed by atoms with Crippen LogP contribution in [-0.4, -0.2) is 46.6 Å². The van der Waals surface area contributed by atoms with Gasteiger partial charge in [-0.1, -0.05) is 12.1 Å². The summed E-state index contributed by atoms with van der Waals surface area (Å²) in [6.07, 6.45) is 6.30. The lowest BCUT2D eigenvalue weighted by Crippen LogP contribution is -2.75. The first-order valence-corrected chi connectivity index (χ1v) is 13.3. The molecule has 0 radical (unpaired) electrons. The first-order valence-electron chi connectivity index (χ1n) is 13.3. The molecule has 2 aromatic carbocycles. The van der Waals surface area contributed by atoms with Crippen molar-refractivity contribution in [2.75, 3.05) is 20.0 Å². The van der Waals surface area contributed by atoms with E-state index in [0.717, 1.165) is 23.1 Å². The van der Waals surface area contributed by atoms with Crippen LogP contribution in [0.15, 0.2) is 54.9 Å². The minimum atomic E-state index is -1.02. The minimum Gasteiger partial charge on any atom is -0.496 e. The molecule has 1 heterocycles. The second-order valence-electron chi connectivity index (χ2n) is 11.7. The zero-order valence-electron chi connectivity index (χ0n) is 22.4. The molecule has 5 unspecified atom stereocenters. The summed E-state index contributed by atoms with van der Waals surface area (Å²) in [5.41, 5.74) is 7.39. The number of carbonyl (C=O) groups is 2. The van der Waals surface area contributed by atoms with E-state index in [1.165, 1.54) is 10.9 Å². The van der Waals surface area contributed by atoms with Crippen molar-refractivity contribution in [1.29, 1.82) is 0 Å². The second-order valence-corrected chi connectivity index (χ2v) is 11.7. The fourth-order valence-electron chi connectivity index (χ4n) is 8.89. The number of carboxylic acid groups (broad SMARTS) is 1. The molecule has 0 saturated heterocycles. The molecule has 4 fully saturated rings. The summed E-state index contributed by atoms with van der Waals surface area (Å²) < 4.78 is 13.0. The van der Waals surface area contributed by atoms with Crippen LogP contribution < -0.4 is 20.5 Å². The number of carbonyl (C=O) groups excluding carboxylic acids is 1. The molecular weight excluding hydrogens is 496 g/mol. The number of hydrogen-bond donors (Lipinski definition) is 3. The van der Waals surface area contributed by atoms with Gasteiger partial charge in [-0.2, -0.15) is 9.78 Å². The Kier molecular flexibility index (Phi) is 5.68. The van der Waals surface area contributed by atoms with Gasteiger partial charge >= 0.3 is 12.0 Å². The second kappa shape index (κ2) is 8.76. The number of nitrogens with zero attached hydrogens (tertiary/aromatic N) is 2. The van der Waals surface area contributed by atoms with Crippen molar-refractivity contribution in [3.63, 3.8) is 0 Å². The molecular formula is C30H34N4O5. The number of rotatable bonds is 6. The van der Waals surface area contributed by atoms with Crippen LogP contribution in [0.3, 0.4) is 0 Å². The van der Waals surface area contributed by atoms with Gasteiger partial charge in [0.05, 0.1) is 25.7 Å². The third kappa shape index (κ3) is 3.62. The predicted octanol–water partition coefficient (Wildman–Crippen LogP) is 4.27. The van der Waals surface area contributed by atoms with E-state index in [2.05, 4.69) is 10.4 Å². The van der Waals surface area contributed by atoms with E-state index in [9.17, 15) is 14.7 Å². The van der Waals surface area contributed by atoms with Crippen LogP contribution in [0.1, 0.15) is 48.8 Å². The van der Waals surface area contributed by atoms with E-state index >= 15 is 0 Å². The Morgan fingerprint density at radius 2 is 1.82 bits per heavy atom. The molecule has 0 aliphatic heterocycles. The van der Waals surface area contributed by atoms with E-state index in [-0.39, 0.29) is 5.92 Å². The van der Waals surface area contributed by atoms with Crippen LogP contribution in [-0.2, 0) is 15.6 Å². The molecule has 1 amide bonds. The summed E-state index contributed by atoms with van der Waals surface area (Å²) >= 11 is 0. The number of anilines is 1. The molecule has 4 aliphatic carbocycles. The number of nitrogens with two attached hydrogens (primary N) is 1. The first kappa shape index (κ1) is 25.3. The van der Waals surface area contributed by atoms with Gasteiger partial charge in [-0.25, -0.2) is 4.79 Å². The number of aliphatic carboxylic acids is 1. The number of nitrogen functional groups attached to an aromatic ring is 1. The molecule has 3 aromatic rings. The molecule has 5 atom stereocenters. The zero-order valence-corrected chi connectivity index (χ0v) is 22.4. The lowest BCUT2D eigenvalue weighted by molar-refractivity contribution is -0.167. The fraction of sp³-hybridized carbons (Fsp3) is 0.433. The summed E-state index contributed by atoms with van der Waals surface area (Å²) in [6.45, 7) is 1.99. The molecule has 0 spiro atoms. The quantitative estimate of drug-likeness (QED) is 0.406. The highest BCUT2D eigenvalue weighted by Gasteiger charge is 2.72. The standard InChI is InChI=1S/C30H34N4O5/c1-18-12-20(31)8-9-21(18)29-14-19-13-28(16-29,24-22(38-2)6-4-7-23(24)39-3)17-30(15-19,25(29)26(35)36)33-27(37)34-11-5-10-32-34/h4-12,19,25H,13-17,31H2,1-3H3,(H,33,37)(H,35,36). The Hall–Kier alpha value is -4.01. The number of hydrogen-bond acceptors (Lipinski definition) is 6. The number of aryl methyl sites for hydroxylation is 1. The molecule has 1 aromatic heterocycles. The van der Waals surface area contributed by atoms with E-state index in [4.69, 9.17) is 15.2 Å². The van der Waals surface area contributed by atoms with Crippen molar-refractivity contribution >= 4 is 17.7 Å². The van der Waals surface area contributed by atoms with Crippen LogP contribution >= 0.6 is 0 Å². The Morgan fingerprint density at radius 3 is 2.44 bits per heavy atom. The molecule has 204 valence electrons. The van der Waals surface area contributed by atoms with Gasteiger partial charge in [0, 0.05) is 34.5 Å². The van der Waals surface area contributed by atoms with Crippen LogP contribution in [0.4, 0.5) is 10.5 Å². The van der Waals surface area contributed by atoms with Gasteiger partial charge in [0.2, 0.25) is 0 Å². The maximum Gasteiger partial charge on any atom is 0.342 e. The number of amides is 1. The van der Waals surface area contributed by atoms with E-state index in [1.54, 1.807) is 26.5 Å². The molecule has 4 N–H and O–H groups in total. The summed E-state index contributed by atoms with van der Waals surface area (Å²) in [7, 11) is 3.29. The van der Waals surface area contributed by atoms with Crippen molar-refractivity contribution in [2.24, 2.45) is 11.8 Å². The minimum absolute atomic E-state index is 0.174. The average Bonchev–Trinajstić information content (AvgIpc) is 3.42. The Balaban J connectivity index is 1.62. The SMILES string of the molecule is COc1cccc(OC)c1C12CC3CC(NC(=O)n4cccn4)(C1)C(C(=O)O)C(c1ccc(N)cc1C)(C3)C2. The Labute approximate surface area is 227 Å². The molecule has 4 aliphatic rings. The lowest BCUT2D eigenvalue weighted by atomic mass is 9.35. The highest BCUT2D eigenvalue weighted by molar-refractivity contribution is 5.81. The highest BCUT2D eigenvalue weighted by atomic mass is 16.5. The van der Waals surface area contributed by atoms with Gasteiger partial charge < -0.3 is 25.6 Å². The molecule has 9 heteroatoms. The summed E-state index contributed by atoms with van der Waals surface area (Å²) in [5.74, 6) is -0.167. The Morgan fingerprint density at radius 1 is 1.08 bits per heavy atom. The Bertz CT molecular complexity index is 1430. The monoisotopic (exact) mass is 530 g/mol. The normalized spacial score (nSPS) is 30.6. The number of ether oxygens (including phenoxy) is 2. The van der Waals surface area contributed by atoms with Crippen molar-refractivity contribution in [2.45, 2.75) is 55.4 Å². The maximum absolute atomic E-state index is 13.5. The van der Waals surface area contributed by atoms with Gasteiger partial charge in [0.1, 0.15) is 11.5 Å². The first-order chi connectivity index (χ1) is 18.7. The molecule has 4 bridgehead atoms. The maximum atomic E-state index is 13.5. The average molecular weight is 531 g/mol. The van der Waals surface area contributed by atoms with Gasteiger partial charge in [-0.15, -0.1) is 0 Å². The van der Waals surface area contributed by atoms with Crippen LogP contribution in [0.25, 0.3) is 0 Å². The number of nitrogens with one attached hydrogen (secondary N) is 1. The molecule has 39 heavy (non-hydrogen) atoms. The number of carboxylic acids is 1. The lowest BCUT2D eigenvalue weighted by Gasteiger charge is -2.69. The third-order valence-electron chi connectivity index (χ3n) is 9.46. The van der Waals surface area contributed by atoms with E-state index < -0.39 is 34.3 Å². The number of methoxy groups -OCH3 is 2. The smallest absolute Gasteiger partial charge is 0.342 e. The fourth-order valence-corrected chi connectivity index (χ4v) is 8.89. The van der Waals surface area contributed by atoms with E-state index in [1.807, 2.05) is 43.3 Å². The topological polar surface area (TPSA) is 129 Å². The van der Waals surface area contributed by atoms with Gasteiger partial charge in [0.15, 0.2) is 0 Å². The van der Waals surface area contributed by atoms with Crippen molar-refractivity contribution in [3.8, 4) is 11.5 Å². The summed E-state index contributed by atoms with van der Waals surface area (Å²) in [4.78, 5) is 26.9. The van der Waals surface area contributed by atoms with Crippen molar-refractivity contribution in [1.82, 2.24) is 15.1 Å².